The second-order valence-electron chi connectivity index (χ2n) is 9.94. The number of ketones is 2. The number of carbonyl (C=O) groups is 2. The van der Waals surface area contributed by atoms with Crippen LogP contribution in [0.3, 0.4) is 0 Å². The first-order chi connectivity index (χ1) is 23.0. The molecule has 0 spiro atoms. The van der Waals surface area contributed by atoms with Gasteiger partial charge < -0.3 is 9.80 Å². The van der Waals surface area contributed by atoms with Gasteiger partial charge >= 0.3 is 31.3 Å². The molecule has 1 heterocycles. The molecule has 0 aliphatic carbocycles. The number of hydrogen-bond acceptors (Lipinski definition) is 10. The van der Waals surface area contributed by atoms with Gasteiger partial charge in [0.2, 0.25) is 0 Å². The molecule has 0 radical (unpaired) electrons. The zero-order valence-corrected chi connectivity index (χ0v) is 28.3. The van der Waals surface area contributed by atoms with Crippen LogP contribution in [0.25, 0.3) is 12.2 Å². The maximum Gasteiger partial charge on any atom is 0.523 e. The van der Waals surface area contributed by atoms with Crippen molar-refractivity contribution in [3.05, 3.63) is 102 Å². The van der Waals surface area contributed by atoms with Crippen LogP contribution in [-0.4, -0.2) is 83.3 Å². The minimum atomic E-state index is -5.84. The largest absolute Gasteiger partial charge is 0.523 e. The Morgan fingerprint density at radius 1 is 0.740 bits per heavy atom. The highest BCUT2D eigenvalue weighted by molar-refractivity contribution is 7.87. The fraction of sp³-hybridized carbons (Fsp3) is 0.258. The Labute approximate surface area is 285 Å². The van der Waals surface area contributed by atoms with Gasteiger partial charge in [0.05, 0.1) is 13.0 Å². The molecule has 0 fully saturated rings. The summed E-state index contributed by atoms with van der Waals surface area (Å²) < 4.78 is 120. The zero-order chi connectivity index (χ0) is 38.2. The SMILES string of the molecule is CN(C)c1ccc(/C=C/C(=O)CC(=O)/C=C/c2ccc(N(C)CCOS(=O)(=O)C(F)(F)F)cc2)cc1.O=S(=O)(O)C(F)(F)F.c1ccncc1. The van der Waals surface area contributed by atoms with Gasteiger partial charge in [0.25, 0.3) is 0 Å². The molecule has 3 aromatic rings. The monoisotopic (exact) mass is 753 g/mol. The summed E-state index contributed by atoms with van der Waals surface area (Å²) in [5.74, 6) is -0.690. The predicted octanol–water partition coefficient (Wildman–Crippen LogP) is 5.79. The molecule has 0 aliphatic rings. The van der Waals surface area contributed by atoms with Crippen molar-refractivity contribution in [1.29, 1.82) is 0 Å². The van der Waals surface area contributed by atoms with Gasteiger partial charge in [-0.3, -0.25) is 23.3 Å². The summed E-state index contributed by atoms with van der Waals surface area (Å²) in [6, 6.07) is 20.0. The second kappa shape index (κ2) is 19.6. The molecular formula is C31H33F6N3O8S2. The number of allylic oxidation sites excluding steroid dienone is 2. The zero-order valence-electron chi connectivity index (χ0n) is 26.7. The molecule has 1 N–H and O–H groups in total. The fourth-order valence-electron chi connectivity index (χ4n) is 3.18. The number of aromatic nitrogens is 1. The van der Waals surface area contributed by atoms with Gasteiger partial charge in [-0.2, -0.15) is 43.2 Å². The maximum absolute atomic E-state index is 12.3. The number of alkyl halides is 6. The number of halogens is 6. The highest BCUT2D eigenvalue weighted by atomic mass is 32.2. The van der Waals surface area contributed by atoms with Crippen molar-refractivity contribution in [2.75, 3.05) is 44.1 Å². The van der Waals surface area contributed by atoms with Crippen molar-refractivity contribution in [1.82, 2.24) is 4.98 Å². The van der Waals surface area contributed by atoms with Crippen LogP contribution in [-0.2, 0) is 34.0 Å². The van der Waals surface area contributed by atoms with E-state index >= 15 is 0 Å². The van der Waals surface area contributed by atoms with Gasteiger partial charge in [-0.05, 0) is 59.7 Å². The summed E-state index contributed by atoms with van der Waals surface area (Å²) >= 11 is 0. The molecule has 2 aromatic carbocycles. The number of benzene rings is 2. The Kier molecular flexibility index (Phi) is 17.0. The maximum atomic E-state index is 12.3. The molecular weight excluding hydrogens is 720 g/mol. The summed E-state index contributed by atoms with van der Waals surface area (Å²) in [6.45, 7) is -0.767. The standard InChI is InChI=1S/C25H27F3N2O5S.C5H5N.CHF3O3S/c1-29(2)21-10-4-19(5-11-21)8-14-23(31)18-24(32)15-9-20-6-12-22(13-7-20)30(3)16-17-35-36(33,34)25(26,27)28;1-2-4-6-5-3-1;2-1(3,4)8(5,6)7/h4-15H,16-18H2,1-3H3;1-5H;(H,5,6,7)/b14-8+,15-9+;;. The Hall–Kier alpha value is -4.59. The second-order valence-corrected chi connectivity index (χ2v) is 13.0. The van der Waals surface area contributed by atoms with E-state index in [-0.39, 0.29) is 24.5 Å². The lowest BCUT2D eigenvalue weighted by atomic mass is 10.1. The molecule has 1 aromatic heterocycles. The molecule has 0 atom stereocenters. The smallest absolute Gasteiger partial charge is 0.378 e. The summed E-state index contributed by atoms with van der Waals surface area (Å²) in [7, 11) is -6.05. The van der Waals surface area contributed by atoms with E-state index in [1.54, 1.807) is 55.9 Å². The number of nitrogens with zero attached hydrogens (tertiary/aromatic N) is 3. The highest BCUT2D eigenvalue weighted by Crippen LogP contribution is 2.25. The van der Waals surface area contributed by atoms with Gasteiger partial charge in [-0.25, -0.2) is 0 Å². The molecule has 0 saturated carbocycles. The summed E-state index contributed by atoms with van der Waals surface area (Å²) in [4.78, 5) is 31.4. The van der Waals surface area contributed by atoms with Crippen molar-refractivity contribution in [2.24, 2.45) is 0 Å². The van der Waals surface area contributed by atoms with Crippen molar-refractivity contribution in [3.63, 3.8) is 0 Å². The molecule has 50 heavy (non-hydrogen) atoms. The first kappa shape index (κ1) is 43.4. The lowest BCUT2D eigenvalue weighted by Gasteiger charge is -2.19. The first-order valence-electron chi connectivity index (χ1n) is 13.9. The molecule has 0 amide bonds. The van der Waals surface area contributed by atoms with Crippen LogP contribution < -0.4 is 9.80 Å². The van der Waals surface area contributed by atoms with E-state index in [2.05, 4.69) is 9.17 Å². The average molecular weight is 754 g/mol. The lowest BCUT2D eigenvalue weighted by Crippen LogP contribution is -2.29. The molecule has 3 rings (SSSR count). The Bertz CT molecular complexity index is 1750. The van der Waals surface area contributed by atoms with Crippen LogP contribution in [0.2, 0.25) is 0 Å². The van der Waals surface area contributed by atoms with Crippen molar-refractivity contribution < 1.29 is 61.5 Å². The Balaban J connectivity index is 0.000000736. The van der Waals surface area contributed by atoms with Gasteiger partial charge in [-0.15, -0.1) is 0 Å². The lowest BCUT2D eigenvalue weighted by molar-refractivity contribution is -0.121. The average Bonchev–Trinajstić information content (AvgIpc) is 3.03. The quantitative estimate of drug-likeness (QED) is 0.0598. The van der Waals surface area contributed by atoms with E-state index in [0.717, 1.165) is 11.3 Å². The summed E-state index contributed by atoms with van der Waals surface area (Å²) in [6.07, 6.45) is 9.08. The minimum absolute atomic E-state index is 0.0988. The third-order valence-corrected chi connectivity index (χ3v) is 7.45. The normalized spacial score (nSPS) is 12.0. The number of likely N-dealkylation sites (N-methyl/N-ethyl adjacent to an activating group) is 1. The van der Waals surface area contributed by atoms with Gasteiger partial charge in [-0.1, -0.05) is 42.5 Å². The van der Waals surface area contributed by atoms with Crippen molar-refractivity contribution in [3.8, 4) is 0 Å². The molecule has 0 saturated heterocycles. The number of hydrogen-bond donors (Lipinski definition) is 1. The number of pyridine rings is 1. The van der Waals surface area contributed by atoms with Crippen LogP contribution in [0.1, 0.15) is 17.5 Å². The van der Waals surface area contributed by atoms with Crippen molar-refractivity contribution in [2.45, 2.75) is 17.4 Å². The van der Waals surface area contributed by atoms with Crippen LogP contribution in [0, 0.1) is 0 Å². The van der Waals surface area contributed by atoms with Crippen molar-refractivity contribution >= 4 is 55.3 Å². The van der Waals surface area contributed by atoms with Crippen LogP contribution >= 0.6 is 0 Å². The highest BCUT2D eigenvalue weighted by Gasteiger charge is 2.47. The third-order valence-electron chi connectivity index (χ3n) is 5.82. The van der Waals surface area contributed by atoms with E-state index < -0.39 is 37.9 Å². The Morgan fingerprint density at radius 3 is 1.48 bits per heavy atom. The summed E-state index contributed by atoms with van der Waals surface area (Å²) in [5.41, 5.74) is -7.85. The molecule has 19 heteroatoms. The number of anilines is 2. The van der Waals surface area contributed by atoms with Crippen LogP contribution in [0.15, 0.2) is 91.3 Å². The molecule has 0 aliphatic heterocycles. The van der Waals surface area contributed by atoms with Crippen LogP contribution in [0.4, 0.5) is 37.7 Å². The van der Waals surface area contributed by atoms with E-state index in [0.29, 0.717) is 11.3 Å². The van der Waals surface area contributed by atoms with E-state index in [9.17, 15) is 44.3 Å². The molecule has 274 valence electrons. The van der Waals surface area contributed by atoms with E-state index in [1.807, 2.05) is 61.5 Å². The molecule has 11 nitrogen and oxygen atoms in total. The molecule has 0 unspecified atom stereocenters. The number of carbonyl (C=O) groups excluding carboxylic acids is 2. The van der Waals surface area contributed by atoms with Gasteiger partial charge in [0.1, 0.15) is 0 Å². The van der Waals surface area contributed by atoms with E-state index in [1.165, 1.54) is 17.1 Å². The fourth-order valence-corrected chi connectivity index (χ4v) is 3.61. The number of rotatable bonds is 12. The third kappa shape index (κ3) is 16.7. The minimum Gasteiger partial charge on any atom is -0.378 e. The predicted molar refractivity (Wildman–Crippen MR) is 176 cm³/mol. The molecule has 0 bridgehead atoms. The van der Waals surface area contributed by atoms with Gasteiger partial charge in [0.15, 0.2) is 11.6 Å². The summed E-state index contributed by atoms with van der Waals surface area (Å²) in [5, 5.41) is 0. The van der Waals surface area contributed by atoms with Gasteiger partial charge in [0, 0.05) is 51.5 Å². The Morgan fingerprint density at radius 2 is 1.16 bits per heavy atom. The van der Waals surface area contributed by atoms with Crippen LogP contribution in [0.5, 0.6) is 0 Å². The topological polar surface area (TPSA) is 151 Å². The first-order valence-corrected chi connectivity index (χ1v) is 16.7. The van der Waals surface area contributed by atoms with E-state index in [4.69, 9.17) is 13.0 Å².